The van der Waals surface area contributed by atoms with Gasteiger partial charge in [-0.25, -0.2) is 0 Å². The summed E-state index contributed by atoms with van der Waals surface area (Å²) in [5.41, 5.74) is 4.74. The van der Waals surface area contributed by atoms with Gasteiger partial charge in [-0.2, -0.15) is 0 Å². The van der Waals surface area contributed by atoms with Crippen LogP contribution < -0.4 is 0 Å². The maximum Gasteiger partial charge on any atom is 0.123 e. The van der Waals surface area contributed by atoms with Crippen molar-refractivity contribution < 1.29 is 5.11 Å². The lowest BCUT2D eigenvalue weighted by Gasteiger charge is -2.19. The molecule has 1 N–H and O–H groups in total. The number of hydrogen-bond acceptors (Lipinski definition) is 1. The number of hydrogen-bond donors (Lipinski definition) is 1. The van der Waals surface area contributed by atoms with E-state index >= 15 is 0 Å². The summed E-state index contributed by atoms with van der Waals surface area (Å²) < 4.78 is 0. The number of phenols is 1. The molecule has 0 bridgehead atoms. The van der Waals surface area contributed by atoms with E-state index in [0.717, 1.165) is 24.0 Å². The van der Waals surface area contributed by atoms with Crippen LogP contribution in [0.25, 0.3) is 11.1 Å². The second kappa shape index (κ2) is 5.92. The molecule has 0 radical (unpaired) electrons. The lowest BCUT2D eigenvalue weighted by molar-refractivity contribution is 0.476. The predicted molar refractivity (Wildman–Crippen MR) is 81.6 cm³/mol. The second-order valence-electron chi connectivity index (χ2n) is 5.30. The minimum Gasteiger partial charge on any atom is -0.507 e. The first kappa shape index (κ1) is 13.7. The van der Waals surface area contributed by atoms with Gasteiger partial charge in [0.25, 0.3) is 0 Å². The quantitative estimate of drug-likeness (QED) is 0.801. The maximum atomic E-state index is 10.3. The van der Waals surface area contributed by atoms with E-state index < -0.39 is 0 Å². The Bertz CT molecular complexity index is 541. The average molecular weight is 254 g/mol. The van der Waals surface area contributed by atoms with E-state index in [9.17, 15) is 5.11 Å². The van der Waals surface area contributed by atoms with Crippen LogP contribution in [-0.2, 0) is 6.42 Å². The van der Waals surface area contributed by atoms with Gasteiger partial charge in [0.15, 0.2) is 0 Å². The van der Waals surface area contributed by atoms with Crippen LogP contribution in [0.3, 0.4) is 0 Å². The fourth-order valence-corrected chi connectivity index (χ4v) is 2.71. The molecule has 0 spiro atoms. The molecular formula is C18H22O. The van der Waals surface area contributed by atoms with Gasteiger partial charge >= 0.3 is 0 Å². The van der Waals surface area contributed by atoms with E-state index in [-0.39, 0.29) is 0 Å². The van der Waals surface area contributed by atoms with Gasteiger partial charge in [0.1, 0.15) is 5.75 Å². The zero-order valence-electron chi connectivity index (χ0n) is 12.0. The van der Waals surface area contributed by atoms with Crippen molar-refractivity contribution >= 4 is 0 Å². The highest BCUT2D eigenvalue weighted by molar-refractivity contribution is 5.75. The van der Waals surface area contributed by atoms with E-state index in [2.05, 4.69) is 39.0 Å². The van der Waals surface area contributed by atoms with Crippen LogP contribution >= 0.6 is 0 Å². The summed E-state index contributed by atoms with van der Waals surface area (Å²) in [5.74, 6) is 0.790. The lowest BCUT2D eigenvalue weighted by Crippen LogP contribution is -2.00. The highest BCUT2D eigenvalue weighted by atomic mass is 16.3. The molecule has 2 aromatic carbocycles. The summed E-state index contributed by atoms with van der Waals surface area (Å²) >= 11 is 0. The summed E-state index contributed by atoms with van der Waals surface area (Å²) in [4.78, 5) is 0. The Morgan fingerprint density at radius 3 is 2.26 bits per heavy atom. The van der Waals surface area contributed by atoms with Crippen molar-refractivity contribution in [2.24, 2.45) is 0 Å². The van der Waals surface area contributed by atoms with Gasteiger partial charge in [-0.3, -0.25) is 0 Å². The molecular weight excluding hydrogens is 232 g/mol. The fourth-order valence-electron chi connectivity index (χ4n) is 2.71. The molecule has 0 aromatic heterocycles. The first-order valence-corrected chi connectivity index (χ1v) is 7.05. The Kier molecular flexibility index (Phi) is 4.26. The van der Waals surface area contributed by atoms with Crippen LogP contribution in [0.2, 0.25) is 0 Å². The van der Waals surface area contributed by atoms with Crippen LogP contribution in [0.4, 0.5) is 0 Å². The standard InChI is InChI=1S/C18H22O/c1-4-8-14-11-12-16(19)18(17(14)13(2)3)15-9-6-5-7-10-15/h5-7,9-13,19H,4,8H2,1-3H3. The van der Waals surface area contributed by atoms with E-state index in [1.165, 1.54) is 11.1 Å². The number of rotatable bonds is 4. The second-order valence-corrected chi connectivity index (χ2v) is 5.30. The van der Waals surface area contributed by atoms with Crippen molar-refractivity contribution in [3.05, 3.63) is 53.6 Å². The molecule has 0 fully saturated rings. The van der Waals surface area contributed by atoms with Crippen molar-refractivity contribution in [2.75, 3.05) is 0 Å². The summed E-state index contributed by atoms with van der Waals surface area (Å²) in [6.07, 6.45) is 2.19. The van der Waals surface area contributed by atoms with E-state index in [4.69, 9.17) is 0 Å². The highest BCUT2D eigenvalue weighted by Crippen LogP contribution is 2.38. The Morgan fingerprint density at radius 1 is 1.00 bits per heavy atom. The van der Waals surface area contributed by atoms with Crippen LogP contribution in [-0.4, -0.2) is 5.11 Å². The molecule has 2 rings (SSSR count). The molecule has 1 nitrogen and oxygen atoms in total. The van der Waals surface area contributed by atoms with Gasteiger partial charge in [-0.1, -0.05) is 63.6 Å². The van der Waals surface area contributed by atoms with Crippen molar-refractivity contribution in [1.82, 2.24) is 0 Å². The molecule has 0 aliphatic rings. The highest BCUT2D eigenvalue weighted by Gasteiger charge is 2.16. The smallest absolute Gasteiger partial charge is 0.123 e. The third-order valence-corrected chi connectivity index (χ3v) is 3.47. The summed E-state index contributed by atoms with van der Waals surface area (Å²) in [7, 11) is 0. The minimum absolute atomic E-state index is 0.384. The number of phenolic OH excluding ortho intramolecular Hbond substituents is 1. The minimum atomic E-state index is 0.384. The van der Waals surface area contributed by atoms with Crippen LogP contribution in [0.15, 0.2) is 42.5 Å². The van der Waals surface area contributed by atoms with Crippen molar-refractivity contribution in [3.63, 3.8) is 0 Å². The number of benzene rings is 2. The molecule has 0 aliphatic heterocycles. The molecule has 2 aromatic rings. The molecule has 0 amide bonds. The monoisotopic (exact) mass is 254 g/mol. The van der Waals surface area contributed by atoms with Gasteiger partial charge in [-0.15, -0.1) is 0 Å². The van der Waals surface area contributed by atoms with Gasteiger partial charge in [0.2, 0.25) is 0 Å². The largest absolute Gasteiger partial charge is 0.507 e. The van der Waals surface area contributed by atoms with E-state index in [1.54, 1.807) is 0 Å². The molecule has 0 aliphatic carbocycles. The zero-order chi connectivity index (χ0) is 13.8. The predicted octanol–water partition coefficient (Wildman–Crippen LogP) is 5.14. The Morgan fingerprint density at radius 2 is 1.68 bits per heavy atom. The summed E-state index contributed by atoms with van der Waals surface area (Å²) in [5, 5.41) is 10.3. The molecule has 1 heteroatoms. The molecule has 0 saturated heterocycles. The van der Waals surface area contributed by atoms with Crippen LogP contribution in [0.5, 0.6) is 5.75 Å². The van der Waals surface area contributed by atoms with Gasteiger partial charge in [0.05, 0.1) is 0 Å². The van der Waals surface area contributed by atoms with Crippen LogP contribution in [0.1, 0.15) is 44.2 Å². The zero-order valence-corrected chi connectivity index (χ0v) is 12.0. The lowest BCUT2D eigenvalue weighted by atomic mass is 9.86. The third kappa shape index (κ3) is 2.81. The molecule has 0 unspecified atom stereocenters. The summed E-state index contributed by atoms with van der Waals surface area (Å²) in [6.45, 7) is 6.58. The maximum absolute atomic E-state index is 10.3. The molecule has 0 atom stereocenters. The van der Waals surface area contributed by atoms with Crippen molar-refractivity contribution in [1.29, 1.82) is 0 Å². The van der Waals surface area contributed by atoms with Gasteiger partial charge in [0, 0.05) is 5.56 Å². The van der Waals surface area contributed by atoms with Crippen molar-refractivity contribution in [3.8, 4) is 16.9 Å². The van der Waals surface area contributed by atoms with Gasteiger partial charge < -0.3 is 5.11 Å². The molecule has 0 heterocycles. The molecule has 19 heavy (non-hydrogen) atoms. The van der Waals surface area contributed by atoms with E-state index in [1.807, 2.05) is 24.3 Å². The topological polar surface area (TPSA) is 20.2 Å². The number of aromatic hydroxyl groups is 1. The Labute approximate surface area is 115 Å². The third-order valence-electron chi connectivity index (χ3n) is 3.47. The Hall–Kier alpha value is -1.76. The SMILES string of the molecule is CCCc1ccc(O)c(-c2ccccc2)c1C(C)C. The number of aryl methyl sites for hydroxylation is 1. The molecule has 100 valence electrons. The first-order chi connectivity index (χ1) is 9.15. The van der Waals surface area contributed by atoms with E-state index in [0.29, 0.717) is 11.7 Å². The van der Waals surface area contributed by atoms with Gasteiger partial charge in [-0.05, 0) is 35.1 Å². The normalized spacial score (nSPS) is 10.9. The average Bonchev–Trinajstić information content (AvgIpc) is 2.41. The summed E-state index contributed by atoms with van der Waals surface area (Å²) in [6, 6.07) is 14.1. The first-order valence-electron chi connectivity index (χ1n) is 7.05. The van der Waals surface area contributed by atoms with Crippen LogP contribution in [0, 0.1) is 0 Å². The molecule has 0 saturated carbocycles. The fraction of sp³-hybridized carbons (Fsp3) is 0.333. The Balaban J connectivity index is 2.67. The van der Waals surface area contributed by atoms with Crippen molar-refractivity contribution in [2.45, 2.75) is 39.5 Å².